The molecule has 1 unspecified atom stereocenters. The maximum absolute atomic E-state index is 10.3. The number of aromatic nitrogens is 1. The highest BCUT2D eigenvalue weighted by molar-refractivity contribution is 5.03. The Bertz CT molecular complexity index is 349. The third kappa shape index (κ3) is 4.92. The summed E-state index contributed by atoms with van der Waals surface area (Å²) in [5, 5.41) is 10.3. The third-order valence-electron chi connectivity index (χ3n) is 4.17. The van der Waals surface area contributed by atoms with Crippen molar-refractivity contribution in [3.8, 4) is 0 Å². The summed E-state index contributed by atoms with van der Waals surface area (Å²) in [4.78, 5) is 6.56. The van der Waals surface area contributed by atoms with Gasteiger partial charge in [0.2, 0.25) is 0 Å². The van der Waals surface area contributed by atoms with Crippen LogP contribution >= 0.6 is 0 Å². The second-order valence-electron chi connectivity index (χ2n) is 5.80. The molecule has 3 heteroatoms. The van der Waals surface area contributed by atoms with E-state index in [2.05, 4.69) is 23.0 Å². The van der Waals surface area contributed by atoms with Crippen molar-refractivity contribution >= 4 is 0 Å². The number of hydrogen-bond acceptors (Lipinski definition) is 3. The van der Waals surface area contributed by atoms with E-state index in [1.165, 1.54) is 32.1 Å². The molecule has 1 aromatic heterocycles. The monoisotopic (exact) mass is 262 g/mol. The Balaban J connectivity index is 1.70. The average Bonchev–Trinajstić information content (AvgIpc) is 2.47. The van der Waals surface area contributed by atoms with Gasteiger partial charge in [0.15, 0.2) is 0 Å². The van der Waals surface area contributed by atoms with Crippen LogP contribution in [0.1, 0.15) is 37.8 Å². The van der Waals surface area contributed by atoms with Crippen molar-refractivity contribution in [3.05, 3.63) is 30.1 Å². The topological polar surface area (TPSA) is 36.4 Å². The molecule has 19 heavy (non-hydrogen) atoms. The van der Waals surface area contributed by atoms with Gasteiger partial charge in [-0.2, -0.15) is 0 Å². The third-order valence-corrected chi connectivity index (χ3v) is 4.17. The van der Waals surface area contributed by atoms with Crippen LogP contribution in [0.15, 0.2) is 24.4 Å². The van der Waals surface area contributed by atoms with Crippen molar-refractivity contribution in [1.29, 1.82) is 0 Å². The second-order valence-corrected chi connectivity index (χ2v) is 5.80. The number of pyridine rings is 1. The van der Waals surface area contributed by atoms with Crippen molar-refractivity contribution in [3.63, 3.8) is 0 Å². The number of aliphatic hydroxyl groups excluding tert-OH is 1. The Hall–Kier alpha value is -0.930. The van der Waals surface area contributed by atoms with E-state index < -0.39 is 0 Å². The number of aliphatic hydroxyl groups is 1. The molecule has 0 saturated heterocycles. The normalized spacial score (nSPS) is 18.7. The van der Waals surface area contributed by atoms with Gasteiger partial charge in [0.1, 0.15) is 0 Å². The quantitative estimate of drug-likeness (QED) is 0.855. The van der Waals surface area contributed by atoms with E-state index in [0.717, 1.165) is 25.2 Å². The molecular formula is C16H26N2O. The van der Waals surface area contributed by atoms with Gasteiger partial charge >= 0.3 is 0 Å². The van der Waals surface area contributed by atoms with E-state index in [1.54, 1.807) is 0 Å². The lowest BCUT2D eigenvalue weighted by molar-refractivity contribution is 0.0552. The Kier molecular flexibility index (Phi) is 5.80. The molecule has 1 N–H and O–H groups in total. The molecule has 1 fully saturated rings. The maximum atomic E-state index is 10.3. The van der Waals surface area contributed by atoms with Gasteiger partial charge in [-0.1, -0.05) is 25.3 Å². The highest BCUT2D eigenvalue weighted by Crippen LogP contribution is 2.26. The van der Waals surface area contributed by atoms with Crippen LogP contribution in [-0.2, 0) is 6.42 Å². The largest absolute Gasteiger partial charge is 0.392 e. The zero-order valence-corrected chi connectivity index (χ0v) is 12.0. The zero-order valence-electron chi connectivity index (χ0n) is 12.0. The van der Waals surface area contributed by atoms with Crippen LogP contribution < -0.4 is 0 Å². The summed E-state index contributed by atoms with van der Waals surface area (Å²) in [5.74, 6) is 0.519. The first-order chi connectivity index (χ1) is 9.25. The van der Waals surface area contributed by atoms with Gasteiger partial charge in [-0.25, -0.2) is 0 Å². The predicted molar refractivity (Wildman–Crippen MR) is 78.0 cm³/mol. The Morgan fingerprint density at radius 3 is 2.79 bits per heavy atom. The number of hydrogen-bond donors (Lipinski definition) is 1. The molecular weight excluding hydrogens is 236 g/mol. The SMILES string of the molecule is CN(CCc1ccccn1)CC(O)C1CCCCC1. The number of rotatable bonds is 6. The molecule has 1 aromatic rings. The minimum Gasteiger partial charge on any atom is -0.392 e. The standard InChI is InChI=1S/C16H26N2O/c1-18(12-10-15-9-5-6-11-17-15)13-16(19)14-7-3-2-4-8-14/h5-6,9,11,14,16,19H,2-4,7-8,10,12-13H2,1H3. The fourth-order valence-corrected chi connectivity index (χ4v) is 2.93. The first-order valence-electron chi connectivity index (χ1n) is 7.52. The molecule has 106 valence electrons. The number of nitrogens with zero attached hydrogens (tertiary/aromatic N) is 2. The van der Waals surface area contributed by atoms with Crippen LogP contribution in [-0.4, -0.2) is 41.2 Å². The van der Waals surface area contributed by atoms with Crippen molar-refractivity contribution < 1.29 is 5.11 Å². The molecule has 1 atom stereocenters. The van der Waals surface area contributed by atoms with Crippen molar-refractivity contribution in [2.75, 3.05) is 20.1 Å². The first kappa shape index (κ1) is 14.5. The molecule has 0 aromatic carbocycles. The minimum absolute atomic E-state index is 0.158. The molecule has 1 aliphatic carbocycles. The summed E-state index contributed by atoms with van der Waals surface area (Å²) >= 11 is 0. The van der Waals surface area contributed by atoms with Crippen molar-refractivity contribution in [2.45, 2.75) is 44.6 Å². The van der Waals surface area contributed by atoms with E-state index in [-0.39, 0.29) is 6.10 Å². The van der Waals surface area contributed by atoms with Gasteiger partial charge in [-0.05, 0) is 37.9 Å². The van der Waals surface area contributed by atoms with E-state index in [1.807, 2.05) is 18.3 Å². The van der Waals surface area contributed by atoms with Gasteiger partial charge in [-0.3, -0.25) is 4.98 Å². The van der Waals surface area contributed by atoms with Crippen molar-refractivity contribution in [2.24, 2.45) is 5.92 Å². The lowest BCUT2D eigenvalue weighted by atomic mass is 9.85. The van der Waals surface area contributed by atoms with Crippen LogP contribution in [0.2, 0.25) is 0 Å². The van der Waals surface area contributed by atoms with Crippen LogP contribution in [0.5, 0.6) is 0 Å². The summed E-state index contributed by atoms with van der Waals surface area (Å²) in [6, 6.07) is 6.03. The lowest BCUT2D eigenvalue weighted by Gasteiger charge is -2.29. The molecule has 0 radical (unpaired) electrons. The van der Waals surface area contributed by atoms with Crippen molar-refractivity contribution in [1.82, 2.24) is 9.88 Å². The molecule has 0 aliphatic heterocycles. The van der Waals surface area contributed by atoms with Gasteiger partial charge < -0.3 is 10.0 Å². The molecule has 0 bridgehead atoms. The molecule has 1 aliphatic rings. The first-order valence-corrected chi connectivity index (χ1v) is 7.52. The zero-order chi connectivity index (χ0) is 13.5. The van der Waals surface area contributed by atoms with Crippen LogP contribution in [0, 0.1) is 5.92 Å². The summed E-state index contributed by atoms with van der Waals surface area (Å²) in [5.41, 5.74) is 1.13. The molecule has 3 nitrogen and oxygen atoms in total. The lowest BCUT2D eigenvalue weighted by Crippen LogP contribution is -2.36. The highest BCUT2D eigenvalue weighted by Gasteiger charge is 2.22. The summed E-state index contributed by atoms with van der Waals surface area (Å²) < 4.78 is 0. The van der Waals surface area contributed by atoms with Crippen LogP contribution in [0.4, 0.5) is 0 Å². The van der Waals surface area contributed by atoms with Crippen LogP contribution in [0.25, 0.3) is 0 Å². The fraction of sp³-hybridized carbons (Fsp3) is 0.688. The predicted octanol–water partition coefficient (Wildman–Crippen LogP) is 2.50. The highest BCUT2D eigenvalue weighted by atomic mass is 16.3. The molecule has 0 spiro atoms. The van der Waals surface area contributed by atoms with E-state index >= 15 is 0 Å². The smallest absolute Gasteiger partial charge is 0.0695 e. The van der Waals surface area contributed by atoms with Gasteiger partial charge in [-0.15, -0.1) is 0 Å². The Labute approximate surface area is 116 Å². The summed E-state index contributed by atoms with van der Waals surface area (Å²) in [7, 11) is 2.09. The van der Waals surface area contributed by atoms with E-state index in [0.29, 0.717) is 5.92 Å². The molecule has 0 amide bonds. The Morgan fingerprint density at radius 2 is 2.11 bits per heavy atom. The molecule has 1 heterocycles. The maximum Gasteiger partial charge on any atom is 0.0695 e. The Morgan fingerprint density at radius 1 is 1.32 bits per heavy atom. The second kappa shape index (κ2) is 7.61. The van der Waals surface area contributed by atoms with Gasteiger partial charge in [0.05, 0.1) is 6.10 Å². The number of likely N-dealkylation sites (N-methyl/N-ethyl adjacent to an activating group) is 1. The van der Waals surface area contributed by atoms with Gasteiger partial charge in [0, 0.05) is 31.4 Å². The molecule has 1 saturated carbocycles. The molecule has 2 rings (SSSR count). The van der Waals surface area contributed by atoms with E-state index in [9.17, 15) is 5.11 Å². The fourth-order valence-electron chi connectivity index (χ4n) is 2.93. The minimum atomic E-state index is -0.158. The van der Waals surface area contributed by atoms with Crippen LogP contribution in [0.3, 0.4) is 0 Å². The summed E-state index contributed by atoms with van der Waals surface area (Å²) in [6.07, 6.45) is 8.97. The average molecular weight is 262 g/mol. The summed E-state index contributed by atoms with van der Waals surface area (Å²) in [6.45, 7) is 1.75. The van der Waals surface area contributed by atoms with E-state index in [4.69, 9.17) is 0 Å². The van der Waals surface area contributed by atoms with Gasteiger partial charge in [0.25, 0.3) is 0 Å².